The van der Waals surface area contributed by atoms with Crippen LogP contribution in [0.2, 0.25) is 0 Å². The van der Waals surface area contributed by atoms with Gasteiger partial charge in [0.15, 0.2) is 10.7 Å². The first kappa shape index (κ1) is 14.9. The second kappa shape index (κ2) is 5.99. The number of rotatable bonds is 2. The molecule has 0 unspecified atom stereocenters. The summed E-state index contributed by atoms with van der Waals surface area (Å²) in [4.78, 5) is 15.5. The van der Waals surface area contributed by atoms with E-state index >= 15 is 0 Å². The van der Waals surface area contributed by atoms with Crippen molar-refractivity contribution >= 4 is 34.7 Å². The number of fused-ring (bicyclic) bond motifs is 1. The number of aryl methyl sites for hydroxylation is 1. The summed E-state index contributed by atoms with van der Waals surface area (Å²) < 4.78 is 2.17. The lowest BCUT2D eigenvalue weighted by Gasteiger charge is -2.07. The fourth-order valence-electron chi connectivity index (χ4n) is 2.45. The molecule has 3 rings (SSSR count). The molecule has 0 spiro atoms. The summed E-state index contributed by atoms with van der Waals surface area (Å²) in [5, 5.41) is 12.7. The van der Waals surface area contributed by atoms with Crippen LogP contribution < -0.4 is 9.88 Å². The van der Waals surface area contributed by atoms with E-state index in [1.54, 1.807) is 29.9 Å². The Morgan fingerprint density at radius 1 is 1.26 bits per heavy atom. The lowest BCUT2D eigenvalue weighted by Crippen LogP contribution is -2.34. The SMILES string of the molecule is C[n+]1c(C#N)ccc2c(C(=O)Nc3ccccc3)c[nH]c(=S)c21. The quantitative estimate of drug-likeness (QED) is 0.563. The van der Waals surface area contributed by atoms with Gasteiger partial charge in [0.1, 0.15) is 7.05 Å². The molecule has 6 heteroatoms. The van der Waals surface area contributed by atoms with E-state index in [4.69, 9.17) is 17.5 Å². The number of hydrogen-bond acceptors (Lipinski definition) is 3. The van der Waals surface area contributed by atoms with Gasteiger partial charge in [0, 0.05) is 18.0 Å². The summed E-state index contributed by atoms with van der Waals surface area (Å²) in [5.41, 5.74) is 2.31. The Morgan fingerprint density at radius 2 is 2.00 bits per heavy atom. The number of carbonyl (C=O) groups excluding carboxylic acids is 1. The van der Waals surface area contributed by atoms with E-state index in [0.717, 1.165) is 0 Å². The van der Waals surface area contributed by atoms with Crippen molar-refractivity contribution in [3.05, 3.63) is 64.6 Å². The number of anilines is 1. The zero-order valence-corrected chi connectivity index (χ0v) is 13.1. The molecule has 0 atom stereocenters. The number of nitrogens with zero attached hydrogens (tertiary/aromatic N) is 2. The van der Waals surface area contributed by atoms with E-state index in [1.807, 2.05) is 30.3 Å². The van der Waals surface area contributed by atoms with E-state index in [2.05, 4.69) is 16.4 Å². The van der Waals surface area contributed by atoms with Gasteiger partial charge < -0.3 is 10.3 Å². The topological polar surface area (TPSA) is 72.6 Å². The molecule has 0 saturated carbocycles. The predicted molar refractivity (Wildman–Crippen MR) is 89.4 cm³/mol. The minimum atomic E-state index is -0.239. The number of aromatic amines is 1. The van der Waals surface area contributed by atoms with Gasteiger partial charge in [-0.15, -0.1) is 0 Å². The van der Waals surface area contributed by atoms with E-state index in [0.29, 0.717) is 32.5 Å². The van der Waals surface area contributed by atoms with E-state index in [-0.39, 0.29) is 5.91 Å². The summed E-state index contributed by atoms with van der Waals surface area (Å²) in [6.45, 7) is 0. The fourth-order valence-corrected chi connectivity index (χ4v) is 2.76. The van der Waals surface area contributed by atoms with Crippen LogP contribution in [0.1, 0.15) is 16.1 Å². The maximum atomic E-state index is 12.6. The van der Waals surface area contributed by atoms with Crippen molar-refractivity contribution in [2.24, 2.45) is 7.05 Å². The summed E-state index contributed by atoms with van der Waals surface area (Å²) in [6.07, 6.45) is 1.59. The lowest BCUT2D eigenvalue weighted by atomic mass is 10.1. The maximum Gasteiger partial charge on any atom is 0.283 e. The molecule has 2 N–H and O–H groups in total. The van der Waals surface area contributed by atoms with E-state index in [9.17, 15) is 4.79 Å². The molecule has 0 radical (unpaired) electrons. The molecule has 2 heterocycles. The summed E-state index contributed by atoms with van der Waals surface area (Å²) >= 11 is 5.31. The standard InChI is InChI=1S/C17H12N4OS/c1-21-12(9-18)7-8-13-14(10-19-17(23)15(13)21)16(22)20-11-5-3-2-4-6-11/h2-8,10H,1H3,(H-,19,20,22,23)/p+1. The van der Waals surface area contributed by atoms with Crippen LogP contribution in [0.15, 0.2) is 48.7 Å². The number of nitrogens with one attached hydrogen (secondary N) is 2. The monoisotopic (exact) mass is 321 g/mol. The molecule has 0 fully saturated rings. The second-order valence-corrected chi connectivity index (χ2v) is 5.41. The molecule has 1 aromatic carbocycles. The van der Waals surface area contributed by atoms with Gasteiger partial charge in [-0.05, 0) is 18.2 Å². The highest BCUT2D eigenvalue weighted by Crippen LogP contribution is 2.18. The van der Waals surface area contributed by atoms with Crippen LogP contribution in [0.4, 0.5) is 5.69 Å². The van der Waals surface area contributed by atoms with E-state index in [1.165, 1.54) is 0 Å². The molecule has 1 amide bonds. The number of H-pyrrole nitrogens is 1. The number of aromatic nitrogens is 2. The Kier molecular flexibility index (Phi) is 3.87. The van der Waals surface area contributed by atoms with Crippen LogP contribution in [0.25, 0.3) is 10.9 Å². The molecular formula is C17H13N4OS+. The zero-order chi connectivity index (χ0) is 16.4. The van der Waals surface area contributed by atoms with Crippen molar-refractivity contribution < 1.29 is 9.36 Å². The van der Waals surface area contributed by atoms with Gasteiger partial charge in [0.05, 0.1) is 10.9 Å². The highest BCUT2D eigenvalue weighted by atomic mass is 32.1. The largest absolute Gasteiger partial charge is 0.347 e. The van der Waals surface area contributed by atoms with Crippen LogP contribution in [0.5, 0.6) is 0 Å². The van der Waals surface area contributed by atoms with E-state index < -0.39 is 0 Å². The Labute approximate surface area is 137 Å². The number of amides is 1. The maximum absolute atomic E-state index is 12.6. The molecule has 0 aliphatic rings. The molecule has 0 bridgehead atoms. The third-order valence-corrected chi connectivity index (χ3v) is 3.91. The average molecular weight is 321 g/mol. The van der Waals surface area contributed by atoms with Crippen molar-refractivity contribution in [1.29, 1.82) is 5.26 Å². The summed E-state index contributed by atoms with van der Waals surface area (Å²) in [7, 11) is 1.75. The first-order valence-electron chi connectivity index (χ1n) is 6.92. The van der Waals surface area contributed by atoms with Crippen LogP contribution in [0.3, 0.4) is 0 Å². The van der Waals surface area contributed by atoms with Gasteiger partial charge in [0.2, 0.25) is 5.52 Å². The summed E-state index contributed by atoms with van der Waals surface area (Å²) in [6, 6.07) is 14.8. The van der Waals surface area contributed by atoms with Gasteiger partial charge in [-0.25, -0.2) is 0 Å². The average Bonchev–Trinajstić information content (AvgIpc) is 2.56. The van der Waals surface area contributed by atoms with Crippen LogP contribution in [0, 0.1) is 16.0 Å². The Bertz CT molecular complexity index is 1000. The van der Waals surface area contributed by atoms with Crippen molar-refractivity contribution in [3.63, 3.8) is 0 Å². The third-order valence-electron chi connectivity index (χ3n) is 3.60. The van der Waals surface area contributed by atoms with Crippen molar-refractivity contribution in [2.75, 3.05) is 5.32 Å². The number of pyridine rings is 2. The minimum Gasteiger partial charge on any atom is -0.347 e. The molecule has 0 aliphatic heterocycles. The molecule has 2 aromatic heterocycles. The second-order valence-electron chi connectivity index (χ2n) is 5.00. The Morgan fingerprint density at radius 3 is 2.70 bits per heavy atom. The number of hydrogen-bond donors (Lipinski definition) is 2. The zero-order valence-electron chi connectivity index (χ0n) is 12.3. The van der Waals surface area contributed by atoms with Gasteiger partial charge in [-0.1, -0.05) is 30.4 Å². The normalized spacial score (nSPS) is 10.3. The predicted octanol–water partition coefficient (Wildman–Crippen LogP) is 2.85. The number of nitriles is 1. The smallest absolute Gasteiger partial charge is 0.283 e. The van der Waals surface area contributed by atoms with Gasteiger partial charge in [0.25, 0.3) is 11.6 Å². The van der Waals surface area contributed by atoms with Crippen molar-refractivity contribution in [1.82, 2.24) is 4.98 Å². The molecular weight excluding hydrogens is 308 g/mol. The summed E-state index contributed by atoms with van der Waals surface area (Å²) in [5.74, 6) is -0.239. The Hall–Kier alpha value is -3.04. The highest BCUT2D eigenvalue weighted by molar-refractivity contribution is 7.71. The van der Waals surface area contributed by atoms with Crippen molar-refractivity contribution in [2.45, 2.75) is 0 Å². The van der Waals surface area contributed by atoms with Gasteiger partial charge in [-0.2, -0.15) is 9.83 Å². The molecule has 112 valence electrons. The number of benzene rings is 1. The van der Waals surface area contributed by atoms with Gasteiger partial charge >= 0.3 is 0 Å². The third kappa shape index (κ3) is 2.70. The first-order chi connectivity index (χ1) is 11.1. The van der Waals surface area contributed by atoms with Gasteiger partial charge in [-0.3, -0.25) is 4.79 Å². The molecule has 0 aliphatic carbocycles. The van der Waals surface area contributed by atoms with Crippen LogP contribution in [-0.4, -0.2) is 10.9 Å². The molecule has 23 heavy (non-hydrogen) atoms. The highest BCUT2D eigenvalue weighted by Gasteiger charge is 2.19. The first-order valence-corrected chi connectivity index (χ1v) is 7.33. The lowest BCUT2D eigenvalue weighted by molar-refractivity contribution is -0.647. The number of carbonyl (C=O) groups is 1. The molecule has 0 saturated heterocycles. The van der Waals surface area contributed by atoms with Crippen LogP contribution in [-0.2, 0) is 7.05 Å². The minimum absolute atomic E-state index is 0.239. The fraction of sp³-hybridized carbons (Fsp3) is 0.0588. The molecule has 3 aromatic rings. The Balaban J connectivity index is 2.14. The number of para-hydroxylation sites is 1. The molecule has 5 nitrogen and oxygen atoms in total. The van der Waals surface area contributed by atoms with Crippen molar-refractivity contribution in [3.8, 4) is 6.07 Å². The van der Waals surface area contributed by atoms with Crippen LogP contribution >= 0.6 is 12.2 Å².